The van der Waals surface area contributed by atoms with E-state index in [1.54, 1.807) is 6.20 Å². The van der Waals surface area contributed by atoms with Gasteiger partial charge in [0, 0.05) is 17.3 Å². The lowest BCUT2D eigenvalue weighted by molar-refractivity contribution is 0.243. The molecule has 0 aliphatic carbocycles. The molecule has 5 heteroatoms. The van der Waals surface area contributed by atoms with Gasteiger partial charge in [-0.15, -0.1) is 0 Å². The highest BCUT2D eigenvalue weighted by molar-refractivity contribution is 5.92. The molecule has 0 aliphatic rings. The second-order valence-electron chi connectivity index (χ2n) is 4.97. The number of hydrogen-bond donors (Lipinski definition) is 1. The molecule has 0 radical (unpaired) electrons. The summed E-state index contributed by atoms with van der Waals surface area (Å²) in [5, 5.41) is 8.29. The van der Waals surface area contributed by atoms with E-state index in [1.807, 2.05) is 45.0 Å². The Morgan fingerprint density at radius 3 is 2.80 bits per heavy atom. The maximum absolute atomic E-state index is 5.72. The van der Waals surface area contributed by atoms with Crippen LogP contribution in [0.15, 0.2) is 30.5 Å². The van der Waals surface area contributed by atoms with Gasteiger partial charge in [-0.2, -0.15) is 5.10 Å². The molecule has 0 saturated heterocycles. The summed E-state index contributed by atoms with van der Waals surface area (Å²) < 4.78 is 5.72. The predicted octanol–water partition coefficient (Wildman–Crippen LogP) is 3.12. The Morgan fingerprint density at radius 1 is 1.20 bits per heavy atom. The lowest BCUT2D eigenvalue weighted by Crippen LogP contribution is -2.05. The lowest BCUT2D eigenvalue weighted by Gasteiger charge is -2.09. The number of ether oxygens (including phenoxy) is 1. The van der Waals surface area contributed by atoms with E-state index in [1.165, 1.54) is 0 Å². The average Bonchev–Trinajstić information content (AvgIpc) is 2.81. The molecule has 0 spiro atoms. The second kappa shape index (κ2) is 4.92. The molecule has 3 aromatic rings. The molecular weight excluding hydrogens is 252 g/mol. The van der Waals surface area contributed by atoms with E-state index >= 15 is 0 Å². The average molecular weight is 268 g/mol. The van der Waals surface area contributed by atoms with E-state index in [4.69, 9.17) is 4.74 Å². The molecular formula is C15H16N4O. The van der Waals surface area contributed by atoms with Crippen LogP contribution in [0.25, 0.3) is 22.4 Å². The summed E-state index contributed by atoms with van der Waals surface area (Å²) >= 11 is 0. The fraction of sp³-hybridized carbons (Fsp3) is 0.267. The van der Waals surface area contributed by atoms with Crippen molar-refractivity contribution in [3.8, 4) is 17.3 Å². The summed E-state index contributed by atoms with van der Waals surface area (Å²) in [5.74, 6) is 1.45. The highest BCUT2D eigenvalue weighted by Crippen LogP contribution is 2.27. The molecule has 1 N–H and O–H groups in total. The predicted molar refractivity (Wildman–Crippen MR) is 77.6 cm³/mol. The highest BCUT2D eigenvalue weighted by Gasteiger charge is 2.12. The molecule has 0 aliphatic heterocycles. The van der Waals surface area contributed by atoms with Crippen LogP contribution < -0.4 is 4.74 Å². The second-order valence-corrected chi connectivity index (χ2v) is 4.97. The van der Waals surface area contributed by atoms with E-state index in [9.17, 15) is 0 Å². The van der Waals surface area contributed by atoms with Crippen molar-refractivity contribution in [2.24, 2.45) is 0 Å². The van der Waals surface area contributed by atoms with Gasteiger partial charge in [-0.05, 0) is 45.0 Å². The van der Waals surface area contributed by atoms with E-state index in [0.29, 0.717) is 5.82 Å². The third-order valence-electron chi connectivity index (χ3n) is 2.91. The van der Waals surface area contributed by atoms with Gasteiger partial charge in [0.1, 0.15) is 11.4 Å². The molecule has 0 amide bonds. The molecule has 102 valence electrons. The van der Waals surface area contributed by atoms with Crippen molar-refractivity contribution < 1.29 is 4.74 Å². The molecule has 0 bridgehead atoms. The van der Waals surface area contributed by atoms with Crippen LogP contribution in [0.3, 0.4) is 0 Å². The number of aryl methyl sites for hydroxylation is 1. The van der Waals surface area contributed by atoms with Crippen LogP contribution in [0.4, 0.5) is 0 Å². The number of fused-ring (bicyclic) bond motifs is 1. The number of aromatic amines is 1. The van der Waals surface area contributed by atoms with Gasteiger partial charge in [0.15, 0.2) is 5.82 Å². The number of nitrogens with one attached hydrogen (secondary N) is 1. The van der Waals surface area contributed by atoms with E-state index in [0.717, 1.165) is 28.0 Å². The van der Waals surface area contributed by atoms with E-state index < -0.39 is 0 Å². The lowest BCUT2D eigenvalue weighted by atomic mass is 10.2. The summed E-state index contributed by atoms with van der Waals surface area (Å²) in [6.07, 6.45) is 1.88. The van der Waals surface area contributed by atoms with Gasteiger partial charge >= 0.3 is 0 Å². The molecule has 0 atom stereocenters. The highest BCUT2D eigenvalue weighted by atomic mass is 16.5. The maximum atomic E-state index is 5.72. The van der Waals surface area contributed by atoms with Crippen molar-refractivity contribution in [2.75, 3.05) is 0 Å². The number of rotatable bonds is 3. The van der Waals surface area contributed by atoms with Gasteiger partial charge in [-0.1, -0.05) is 0 Å². The van der Waals surface area contributed by atoms with Crippen molar-refractivity contribution in [1.29, 1.82) is 0 Å². The van der Waals surface area contributed by atoms with Crippen LogP contribution >= 0.6 is 0 Å². The van der Waals surface area contributed by atoms with Crippen LogP contribution in [0.5, 0.6) is 5.75 Å². The number of H-pyrrole nitrogens is 1. The standard InChI is InChI=1S/C15H16N4O/c1-9(2)20-11-4-5-13-12(8-11)14(19-18-13)15-16-7-6-10(3)17-15/h4-9H,1-3H3,(H,18,19). The van der Waals surface area contributed by atoms with Gasteiger partial charge in [0.2, 0.25) is 0 Å². The molecule has 5 nitrogen and oxygen atoms in total. The zero-order valence-electron chi connectivity index (χ0n) is 11.7. The Labute approximate surface area is 117 Å². The zero-order valence-corrected chi connectivity index (χ0v) is 11.7. The summed E-state index contributed by atoms with van der Waals surface area (Å²) in [6, 6.07) is 7.73. The monoisotopic (exact) mass is 268 g/mol. The van der Waals surface area contributed by atoms with E-state index in [2.05, 4.69) is 20.2 Å². The quantitative estimate of drug-likeness (QED) is 0.792. The fourth-order valence-electron chi connectivity index (χ4n) is 2.07. The van der Waals surface area contributed by atoms with Crippen molar-refractivity contribution in [2.45, 2.75) is 26.9 Å². The summed E-state index contributed by atoms with van der Waals surface area (Å²) in [5.41, 5.74) is 2.61. The molecule has 0 unspecified atom stereocenters. The first-order valence-electron chi connectivity index (χ1n) is 6.58. The van der Waals surface area contributed by atoms with E-state index in [-0.39, 0.29) is 6.10 Å². The van der Waals surface area contributed by atoms with Gasteiger partial charge in [-0.25, -0.2) is 9.97 Å². The van der Waals surface area contributed by atoms with Crippen LogP contribution in [0.1, 0.15) is 19.5 Å². The van der Waals surface area contributed by atoms with Crippen LogP contribution in [-0.2, 0) is 0 Å². The first-order valence-corrected chi connectivity index (χ1v) is 6.58. The van der Waals surface area contributed by atoms with Crippen LogP contribution in [0.2, 0.25) is 0 Å². The Balaban J connectivity index is 2.11. The van der Waals surface area contributed by atoms with Gasteiger partial charge in [0.25, 0.3) is 0 Å². The minimum atomic E-state index is 0.137. The third-order valence-corrected chi connectivity index (χ3v) is 2.91. The van der Waals surface area contributed by atoms with Crippen molar-refractivity contribution >= 4 is 10.9 Å². The van der Waals surface area contributed by atoms with Crippen LogP contribution in [-0.4, -0.2) is 26.3 Å². The van der Waals surface area contributed by atoms with Crippen molar-refractivity contribution in [3.05, 3.63) is 36.2 Å². The first kappa shape index (κ1) is 12.6. The maximum Gasteiger partial charge on any atom is 0.180 e. The first-order chi connectivity index (χ1) is 9.63. The number of benzene rings is 1. The Bertz CT molecular complexity index is 748. The Kier molecular flexibility index (Phi) is 3.10. The van der Waals surface area contributed by atoms with Crippen molar-refractivity contribution in [3.63, 3.8) is 0 Å². The molecule has 2 heterocycles. The minimum absolute atomic E-state index is 0.137. The topological polar surface area (TPSA) is 63.7 Å². The summed E-state index contributed by atoms with van der Waals surface area (Å²) in [4.78, 5) is 8.71. The normalized spacial score (nSPS) is 11.2. The van der Waals surface area contributed by atoms with Crippen LogP contribution in [0, 0.1) is 6.92 Å². The zero-order chi connectivity index (χ0) is 14.1. The molecule has 2 aromatic heterocycles. The molecule has 20 heavy (non-hydrogen) atoms. The molecule has 3 rings (SSSR count). The summed E-state index contributed by atoms with van der Waals surface area (Å²) in [7, 11) is 0. The molecule has 0 saturated carbocycles. The smallest absolute Gasteiger partial charge is 0.180 e. The van der Waals surface area contributed by atoms with Crippen molar-refractivity contribution in [1.82, 2.24) is 20.2 Å². The Morgan fingerprint density at radius 2 is 2.05 bits per heavy atom. The molecule has 1 aromatic carbocycles. The number of nitrogens with zero attached hydrogens (tertiary/aromatic N) is 3. The SMILES string of the molecule is Cc1ccnc(-c2n[nH]c3ccc(OC(C)C)cc23)n1. The number of hydrogen-bond acceptors (Lipinski definition) is 4. The molecule has 0 fully saturated rings. The number of aromatic nitrogens is 4. The minimum Gasteiger partial charge on any atom is -0.491 e. The summed E-state index contributed by atoms with van der Waals surface area (Å²) in [6.45, 7) is 5.95. The Hall–Kier alpha value is -2.43. The van der Waals surface area contributed by atoms with Gasteiger partial charge in [0.05, 0.1) is 11.6 Å². The fourth-order valence-corrected chi connectivity index (χ4v) is 2.07. The third kappa shape index (κ3) is 2.34. The van der Waals surface area contributed by atoms with Gasteiger partial charge in [-0.3, -0.25) is 5.10 Å². The van der Waals surface area contributed by atoms with Gasteiger partial charge < -0.3 is 4.74 Å². The largest absolute Gasteiger partial charge is 0.491 e.